The van der Waals surface area contributed by atoms with Gasteiger partial charge < -0.3 is 20.6 Å². The summed E-state index contributed by atoms with van der Waals surface area (Å²) in [5.74, 6) is 0.145. The Morgan fingerprint density at radius 2 is 2.06 bits per heavy atom. The van der Waals surface area contributed by atoms with Gasteiger partial charge in [0.1, 0.15) is 5.75 Å². The molecule has 0 spiro atoms. The van der Waals surface area contributed by atoms with Crippen molar-refractivity contribution in [2.24, 2.45) is 0 Å². The number of hydrogen-bond donors (Lipinski definition) is 4. The van der Waals surface area contributed by atoms with Crippen molar-refractivity contribution in [2.45, 2.75) is 32.9 Å². The van der Waals surface area contributed by atoms with Crippen LogP contribution in [-0.2, 0) is 13.2 Å². The summed E-state index contributed by atoms with van der Waals surface area (Å²) in [4.78, 5) is 4.00. The summed E-state index contributed by atoms with van der Waals surface area (Å²) < 4.78 is 0. The van der Waals surface area contributed by atoms with E-state index in [1.165, 1.54) is 0 Å². The van der Waals surface area contributed by atoms with E-state index >= 15 is 0 Å². The fourth-order valence-corrected chi connectivity index (χ4v) is 1.59. The summed E-state index contributed by atoms with van der Waals surface area (Å²) in [7, 11) is 0. The molecular formula is C12H20N2O3. The van der Waals surface area contributed by atoms with Crippen LogP contribution in [0.4, 0.5) is 0 Å². The number of hydrogen-bond acceptors (Lipinski definition) is 5. The van der Waals surface area contributed by atoms with Gasteiger partial charge in [0.05, 0.1) is 12.3 Å². The monoisotopic (exact) mass is 240 g/mol. The number of aliphatic hydroxyl groups is 2. The van der Waals surface area contributed by atoms with Crippen molar-refractivity contribution in [1.82, 2.24) is 10.3 Å². The molecule has 96 valence electrons. The van der Waals surface area contributed by atoms with Crippen molar-refractivity contribution in [1.29, 1.82) is 0 Å². The van der Waals surface area contributed by atoms with Crippen molar-refractivity contribution < 1.29 is 15.3 Å². The summed E-state index contributed by atoms with van der Waals surface area (Å²) in [5, 5.41) is 30.8. The third-order valence-corrected chi connectivity index (χ3v) is 2.66. The molecule has 0 aliphatic carbocycles. The minimum absolute atomic E-state index is 0.130. The molecule has 0 radical (unpaired) electrons. The van der Waals surface area contributed by atoms with Gasteiger partial charge in [-0.2, -0.15) is 0 Å². The number of unbranched alkanes of at least 4 members (excludes halogenated alkanes) is 1. The van der Waals surface area contributed by atoms with Crippen LogP contribution in [-0.4, -0.2) is 33.5 Å². The minimum atomic E-state index is -0.130. The predicted molar refractivity (Wildman–Crippen MR) is 64.6 cm³/mol. The van der Waals surface area contributed by atoms with Gasteiger partial charge in [0.25, 0.3) is 0 Å². The number of aromatic nitrogens is 1. The second-order valence-corrected chi connectivity index (χ2v) is 3.96. The van der Waals surface area contributed by atoms with Crippen molar-refractivity contribution in [3.8, 4) is 5.75 Å². The SMILES string of the molecule is Cc1ncc(CO)c(CNCCCCO)c1O. The first-order chi connectivity index (χ1) is 8.20. The molecule has 0 atom stereocenters. The Labute approximate surface area is 101 Å². The molecule has 5 nitrogen and oxygen atoms in total. The Hall–Kier alpha value is -1.17. The number of rotatable bonds is 7. The smallest absolute Gasteiger partial charge is 0.141 e. The topological polar surface area (TPSA) is 85.6 Å². The number of nitrogens with zero attached hydrogens (tertiary/aromatic N) is 1. The largest absolute Gasteiger partial charge is 0.506 e. The second-order valence-electron chi connectivity index (χ2n) is 3.96. The third kappa shape index (κ3) is 3.96. The van der Waals surface area contributed by atoms with Crippen LogP contribution >= 0.6 is 0 Å². The Kier molecular flexibility index (Phi) is 5.90. The maximum atomic E-state index is 9.86. The summed E-state index contributed by atoms with van der Waals surface area (Å²) in [6.45, 7) is 3.06. The highest BCUT2D eigenvalue weighted by Gasteiger charge is 2.10. The van der Waals surface area contributed by atoms with E-state index in [1.807, 2.05) is 0 Å². The molecule has 5 heteroatoms. The van der Waals surface area contributed by atoms with Crippen molar-refractivity contribution in [3.63, 3.8) is 0 Å². The van der Waals surface area contributed by atoms with Crippen LogP contribution in [0.3, 0.4) is 0 Å². The van der Waals surface area contributed by atoms with E-state index in [0.717, 1.165) is 19.4 Å². The van der Waals surface area contributed by atoms with Crippen LogP contribution in [0.5, 0.6) is 5.75 Å². The lowest BCUT2D eigenvalue weighted by Gasteiger charge is -2.12. The van der Waals surface area contributed by atoms with E-state index in [2.05, 4.69) is 10.3 Å². The Morgan fingerprint density at radius 1 is 1.29 bits per heavy atom. The highest BCUT2D eigenvalue weighted by molar-refractivity contribution is 5.40. The summed E-state index contributed by atoms with van der Waals surface area (Å²) in [5.41, 5.74) is 1.90. The first kappa shape index (κ1) is 13.9. The van der Waals surface area contributed by atoms with Crippen molar-refractivity contribution in [2.75, 3.05) is 13.2 Å². The molecule has 0 amide bonds. The van der Waals surface area contributed by atoms with Crippen LogP contribution < -0.4 is 5.32 Å². The highest BCUT2D eigenvalue weighted by atomic mass is 16.3. The molecule has 0 unspecified atom stereocenters. The Bertz CT molecular complexity index is 356. The average Bonchev–Trinajstić information content (AvgIpc) is 2.34. The zero-order valence-electron chi connectivity index (χ0n) is 10.1. The van der Waals surface area contributed by atoms with Crippen LogP contribution in [0.25, 0.3) is 0 Å². The van der Waals surface area contributed by atoms with Gasteiger partial charge in [-0.15, -0.1) is 0 Å². The molecule has 0 saturated heterocycles. The van der Waals surface area contributed by atoms with E-state index in [0.29, 0.717) is 23.4 Å². The van der Waals surface area contributed by atoms with Gasteiger partial charge in [0.15, 0.2) is 0 Å². The molecule has 0 saturated carbocycles. The lowest BCUT2D eigenvalue weighted by atomic mass is 10.1. The van der Waals surface area contributed by atoms with Gasteiger partial charge in [0, 0.05) is 30.5 Å². The van der Waals surface area contributed by atoms with Gasteiger partial charge in [-0.25, -0.2) is 0 Å². The molecular weight excluding hydrogens is 220 g/mol. The lowest BCUT2D eigenvalue weighted by Crippen LogP contribution is -2.17. The number of pyridine rings is 1. The maximum absolute atomic E-state index is 9.86. The minimum Gasteiger partial charge on any atom is -0.506 e. The molecule has 1 aromatic rings. The third-order valence-electron chi connectivity index (χ3n) is 2.66. The lowest BCUT2D eigenvalue weighted by molar-refractivity contribution is 0.278. The van der Waals surface area contributed by atoms with E-state index in [4.69, 9.17) is 10.2 Å². The molecule has 0 aromatic carbocycles. The van der Waals surface area contributed by atoms with Crippen LogP contribution in [0.2, 0.25) is 0 Å². The number of aliphatic hydroxyl groups excluding tert-OH is 2. The quantitative estimate of drug-likeness (QED) is 0.520. The molecule has 0 bridgehead atoms. The predicted octanol–water partition coefficient (Wildman–Crippen LogP) is 0.450. The number of nitrogens with one attached hydrogen (secondary N) is 1. The first-order valence-electron chi connectivity index (χ1n) is 5.79. The first-order valence-corrected chi connectivity index (χ1v) is 5.79. The van der Waals surface area contributed by atoms with E-state index < -0.39 is 0 Å². The average molecular weight is 240 g/mol. The van der Waals surface area contributed by atoms with E-state index in [1.54, 1.807) is 13.1 Å². The van der Waals surface area contributed by atoms with Crippen LogP contribution in [0.1, 0.15) is 29.7 Å². The van der Waals surface area contributed by atoms with Gasteiger partial charge in [-0.05, 0) is 26.3 Å². The molecule has 17 heavy (non-hydrogen) atoms. The molecule has 0 aliphatic rings. The molecule has 1 heterocycles. The maximum Gasteiger partial charge on any atom is 0.141 e. The highest BCUT2D eigenvalue weighted by Crippen LogP contribution is 2.23. The normalized spacial score (nSPS) is 10.8. The van der Waals surface area contributed by atoms with Crippen molar-refractivity contribution in [3.05, 3.63) is 23.0 Å². The number of aromatic hydroxyl groups is 1. The molecule has 1 rings (SSSR count). The Balaban J connectivity index is 2.59. The summed E-state index contributed by atoms with van der Waals surface area (Å²) in [6.07, 6.45) is 3.23. The van der Waals surface area contributed by atoms with Gasteiger partial charge in [-0.1, -0.05) is 0 Å². The zero-order valence-corrected chi connectivity index (χ0v) is 10.1. The standard InChI is InChI=1S/C12H20N2O3/c1-9-12(17)11(10(8-16)6-14-9)7-13-4-2-3-5-15/h6,13,15-17H,2-5,7-8H2,1H3. The fourth-order valence-electron chi connectivity index (χ4n) is 1.59. The summed E-state index contributed by atoms with van der Waals surface area (Å²) >= 11 is 0. The van der Waals surface area contributed by atoms with E-state index in [-0.39, 0.29) is 19.0 Å². The fraction of sp³-hybridized carbons (Fsp3) is 0.583. The van der Waals surface area contributed by atoms with Gasteiger partial charge in [0.2, 0.25) is 0 Å². The summed E-state index contributed by atoms with van der Waals surface area (Å²) in [6, 6.07) is 0. The van der Waals surface area contributed by atoms with Gasteiger partial charge in [-0.3, -0.25) is 4.98 Å². The molecule has 1 aromatic heterocycles. The van der Waals surface area contributed by atoms with E-state index in [9.17, 15) is 5.11 Å². The van der Waals surface area contributed by atoms with Crippen LogP contribution in [0.15, 0.2) is 6.20 Å². The Morgan fingerprint density at radius 3 is 2.71 bits per heavy atom. The molecule has 0 fully saturated rings. The second kappa shape index (κ2) is 7.21. The number of aryl methyl sites for hydroxylation is 1. The molecule has 4 N–H and O–H groups in total. The van der Waals surface area contributed by atoms with Gasteiger partial charge >= 0.3 is 0 Å². The zero-order chi connectivity index (χ0) is 12.7. The molecule has 0 aliphatic heterocycles. The van der Waals surface area contributed by atoms with Crippen molar-refractivity contribution >= 4 is 0 Å². The van der Waals surface area contributed by atoms with Crippen LogP contribution in [0, 0.1) is 6.92 Å².